The molecule has 0 bridgehead atoms. The first-order chi connectivity index (χ1) is 18.0. The van der Waals surface area contributed by atoms with Crippen LogP contribution in [0.5, 0.6) is 11.8 Å². The highest BCUT2D eigenvalue weighted by atomic mass is 19.1. The van der Waals surface area contributed by atoms with E-state index in [9.17, 15) is 14.7 Å². The maximum Gasteiger partial charge on any atom is 0.343 e. The number of rotatable bonds is 7. The van der Waals surface area contributed by atoms with E-state index in [4.69, 9.17) is 9.47 Å². The molecule has 4 heterocycles. The number of nitrogens with zero attached hydrogens (tertiary/aromatic N) is 5. The number of esters is 1. The molecule has 0 spiro atoms. The number of pyridine rings is 2. The van der Waals surface area contributed by atoms with E-state index in [1.54, 1.807) is 31.3 Å². The maximum absolute atomic E-state index is 15.5. The Morgan fingerprint density at radius 2 is 2.14 bits per heavy atom. The third-order valence-corrected chi connectivity index (χ3v) is 6.17. The number of anilines is 1. The van der Waals surface area contributed by atoms with Gasteiger partial charge in [0.1, 0.15) is 18.0 Å². The molecule has 1 N–H and O–H groups in total. The quantitative estimate of drug-likeness (QED) is 0.378. The van der Waals surface area contributed by atoms with Gasteiger partial charge in [0.05, 0.1) is 41.6 Å². The van der Waals surface area contributed by atoms with Crippen LogP contribution in [0.2, 0.25) is 0 Å². The molecule has 1 fully saturated rings. The van der Waals surface area contributed by atoms with Crippen molar-refractivity contribution in [2.24, 2.45) is 0 Å². The SMILES string of the molecule is CCOC(=O)c1cn(-c2cncc(O)n2)c2cc(N3CCC[C@@H]3COc3ccccn3)c(F)cc2c1=O. The van der Waals surface area contributed by atoms with Gasteiger partial charge in [0.2, 0.25) is 17.2 Å². The number of benzene rings is 1. The molecule has 190 valence electrons. The fraction of sp³-hybridized carbons (Fsp3) is 0.269. The van der Waals surface area contributed by atoms with Crippen molar-refractivity contribution in [3.63, 3.8) is 0 Å². The standard InChI is InChI=1S/C26H24FN5O5/c1-2-36-26(35)18-14-32(22-12-28-13-23(33)30-22)20-11-21(19(27)10-17(20)25(18)34)31-9-5-6-16(31)15-37-24-7-3-4-8-29-24/h3-4,7-8,10-14,16H,2,5-6,9,15H2,1H3,(H,30,33)/t16-/m1/s1. The van der Waals surface area contributed by atoms with E-state index in [2.05, 4.69) is 15.0 Å². The van der Waals surface area contributed by atoms with Crippen LogP contribution in [0.15, 0.2) is 59.9 Å². The summed E-state index contributed by atoms with van der Waals surface area (Å²) in [6, 6.07) is 7.93. The summed E-state index contributed by atoms with van der Waals surface area (Å²) in [6.07, 6.45) is 7.05. The van der Waals surface area contributed by atoms with E-state index in [-0.39, 0.29) is 41.0 Å². The molecule has 37 heavy (non-hydrogen) atoms. The van der Waals surface area contributed by atoms with Crippen LogP contribution in [-0.2, 0) is 4.74 Å². The van der Waals surface area contributed by atoms with Crippen molar-refractivity contribution >= 4 is 22.6 Å². The minimum absolute atomic E-state index is 0.0302. The molecule has 1 atom stereocenters. The number of fused-ring (bicyclic) bond motifs is 1. The molecule has 0 amide bonds. The number of carbonyl (C=O) groups excluding carboxylic acids is 1. The zero-order valence-electron chi connectivity index (χ0n) is 20.0. The van der Waals surface area contributed by atoms with Gasteiger partial charge in [-0.1, -0.05) is 6.07 Å². The van der Waals surface area contributed by atoms with Crippen molar-refractivity contribution in [2.45, 2.75) is 25.8 Å². The largest absolute Gasteiger partial charge is 0.492 e. The summed E-state index contributed by atoms with van der Waals surface area (Å²) >= 11 is 0. The van der Waals surface area contributed by atoms with Gasteiger partial charge in [-0.25, -0.2) is 14.2 Å². The van der Waals surface area contributed by atoms with Gasteiger partial charge in [-0.15, -0.1) is 0 Å². The van der Waals surface area contributed by atoms with Crippen molar-refractivity contribution < 1.29 is 23.8 Å². The maximum atomic E-state index is 15.5. The van der Waals surface area contributed by atoms with E-state index in [0.29, 0.717) is 24.5 Å². The van der Waals surface area contributed by atoms with Crippen molar-refractivity contribution in [3.05, 3.63) is 76.7 Å². The zero-order chi connectivity index (χ0) is 25.9. The van der Waals surface area contributed by atoms with Gasteiger partial charge in [0.25, 0.3) is 0 Å². The lowest BCUT2D eigenvalue weighted by molar-refractivity contribution is 0.0524. The molecule has 1 aromatic carbocycles. The Kier molecular flexibility index (Phi) is 6.67. The van der Waals surface area contributed by atoms with Crippen molar-refractivity contribution in [1.82, 2.24) is 19.5 Å². The summed E-state index contributed by atoms with van der Waals surface area (Å²) in [6.45, 7) is 2.58. The number of hydrogen-bond acceptors (Lipinski definition) is 9. The molecule has 0 unspecified atom stereocenters. The van der Waals surface area contributed by atoms with Gasteiger partial charge in [0.15, 0.2) is 5.82 Å². The number of aromatic nitrogens is 4. The lowest BCUT2D eigenvalue weighted by atomic mass is 10.1. The number of ether oxygens (including phenoxy) is 2. The van der Waals surface area contributed by atoms with Crippen LogP contribution >= 0.6 is 0 Å². The molecule has 1 saturated heterocycles. The zero-order valence-corrected chi connectivity index (χ0v) is 20.0. The van der Waals surface area contributed by atoms with E-state index >= 15 is 4.39 Å². The minimum atomic E-state index is -0.841. The summed E-state index contributed by atoms with van der Waals surface area (Å²) in [5.41, 5.74) is -0.371. The average molecular weight is 506 g/mol. The molecule has 1 aliphatic heterocycles. The first kappa shape index (κ1) is 24.2. The topological polar surface area (TPSA) is 120 Å². The van der Waals surface area contributed by atoms with Gasteiger partial charge < -0.3 is 19.5 Å². The normalized spacial score (nSPS) is 15.2. The molecule has 0 aliphatic carbocycles. The Bertz CT molecular complexity index is 1510. The van der Waals surface area contributed by atoms with Crippen LogP contribution < -0.4 is 15.1 Å². The lowest BCUT2D eigenvalue weighted by Crippen LogP contribution is -2.35. The van der Waals surface area contributed by atoms with Crippen LogP contribution in [0.1, 0.15) is 30.1 Å². The van der Waals surface area contributed by atoms with Crippen LogP contribution in [0.4, 0.5) is 10.1 Å². The number of hydrogen-bond donors (Lipinski definition) is 1. The predicted molar refractivity (Wildman–Crippen MR) is 133 cm³/mol. The van der Waals surface area contributed by atoms with Crippen molar-refractivity contribution in [2.75, 3.05) is 24.7 Å². The van der Waals surface area contributed by atoms with Gasteiger partial charge in [-0.05, 0) is 38.0 Å². The molecule has 0 radical (unpaired) electrons. The molecule has 3 aromatic heterocycles. The molecule has 4 aromatic rings. The first-order valence-electron chi connectivity index (χ1n) is 11.8. The van der Waals surface area contributed by atoms with Gasteiger partial charge in [-0.2, -0.15) is 4.98 Å². The summed E-state index contributed by atoms with van der Waals surface area (Å²) in [4.78, 5) is 39.8. The number of aromatic hydroxyl groups is 1. The van der Waals surface area contributed by atoms with E-state index in [1.807, 2.05) is 11.0 Å². The van der Waals surface area contributed by atoms with Crippen LogP contribution in [0.3, 0.4) is 0 Å². The molecule has 1 aliphatic rings. The van der Waals surface area contributed by atoms with Crippen LogP contribution in [0, 0.1) is 5.82 Å². The Labute approximate surface area is 210 Å². The van der Waals surface area contributed by atoms with Crippen molar-refractivity contribution in [1.29, 1.82) is 0 Å². The number of halogens is 1. The van der Waals surface area contributed by atoms with Crippen LogP contribution in [0.25, 0.3) is 16.7 Å². The van der Waals surface area contributed by atoms with Crippen molar-refractivity contribution in [3.8, 4) is 17.6 Å². The van der Waals surface area contributed by atoms with Gasteiger partial charge in [0, 0.05) is 25.0 Å². The van der Waals surface area contributed by atoms with E-state index in [1.165, 1.54) is 17.0 Å². The Hall–Kier alpha value is -4.54. The number of carbonyl (C=O) groups is 1. The minimum Gasteiger partial charge on any atom is -0.492 e. The first-order valence-corrected chi connectivity index (χ1v) is 11.8. The second-order valence-electron chi connectivity index (χ2n) is 8.49. The average Bonchev–Trinajstić information content (AvgIpc) is 3.37. The Morgan fingerprint density at radius 1 is 1.27 bits per heavy atom. The second kappa shape index (κ2) is 10.2. The Balaban J connectivity index is 1.61. The van der Waals surface area contributed by atoms with E-state index < -0.39 is 17.2 Å². The second-order valence-corrected chi connectivity index (χ2v) is 8.49. The molecule has 0 saturated carbocycles. The molecule has 5 rings (SSSR count). The predicted octanol–water partition coefficient (Wildman–Crippen LogP) is 3.24. The summed E-state index contributed by atoms with van der Waals surface area (Å²) < 4.78 is 27.8. The Morgan fingerprint density at radius 3 is 2.89 bits per heavy atom. The molecule has 10 nitrogen and oxygen atoms in total. The third-order valence-electron chi connectivity index (χ3n) is 6.17. The highest BCUT2D eigenvalue weighted by molar-refractivity contribution is 5.95. The molecule has 11 heteroatoms. The fourth-order valence-corrected chi connectivity index (χ4v) is 4.50. The van der Waals surface area contributed by atoms with E-state index in [0.717, 1.165) is 25.1 Å². The monoisotopic (exact) mass is 505 g/mol. The highest BCUT2D eigenvalue weighted by Crippen LogP contribution is 2.32. The summed E-state index contributed by atoms with van der Waals surface area (Å²) in [5, 5.41) is 9.87. The van der Waals surface area contributed by atoms with Gasteiger partial charge >= 0.3 is 5.97 Å². The summed E-state index contributed by atoms with van der Waals surface area (Å²) in [5.74, 6) is -1.17. The van der Waals surface area contributed by atoms with Gasteiger partial charge in [-0.3, -0.25) is 14.3 Å². The smallest absolute Gasteiger partial charge is 0.343 e. The highest BCUT2D eigenvalue weighted by Gasteiger charge is 2.29. The fourth-order valence-electron chi connectivity index (χ4n) is 4.50. The third kappa shape index (κ3) is 4.80. The molecular weight excluding hydrogens is 481 g/mol. The van der Waals surface area contributed by atoms with Crippen LogP contribution in [-0.4, -0.2) is 56.4 Å². The molecular formula is C26H24FN5O5. The lowest BCUT2D eigenvalue weighted by Gasteiger charge is -2.27. The summed E-state index contributed by atoms with van der Waals surface area (Å²) in [7, 11) is 0.